The third kappa shape index (κ3) is 2.70. The van der Waals surface area contributed by atoms with Crippen LogP contribution in [0.3, 0.4) is 0 Å². The molecule has 1 aliphatic rings. The van der Waals surface area contributed by atoms with Crippen molar-refractivity contribution in [3.8, 4) is 11.1 Å². The average molecular weight is 364 g/mol. The number of allylic oxidation sites excluding steroid dienone is 1. The molecule has 0 aliphatic heterocycles. The van der Waals surface area contributed by atoms with Gasteiger partial charge in [-0.3, -0.25) is 0 Å². The number of hydrogen-bond acceptors (Lipinski definition) is 1. The Hall–Kier alpha value is -3.06. The number of benzene rings is 3. The molecule has 0 saturated carbocycles. The van der Waals surface area contributed by atoms with E-state index in [1.807, 2.05) is 6.26 Å². The van der Waals surface area contributed by atoms with Crippen LogP contribution < -0.4 is 0 Å². The topological polar surface area (TPSA) is 13.1 Å². The Morgan fingerprint density at radius 2 is 1.79 bits per heavy atom. The first kappa shape index (κ1) is 17.1. The van der Waals surface area contributed by atoms with Crippen molar-refractivity contribution in [2.24, 2.45) is 0 Å². The molecule has 0 amide bonds. The van der Waals surface area contributed by atoms with Crippen LogP contribution in [0.25, 0.3) is 33.5 Å². The lowest BCUT2D eigenvalue weighted by molar-refractivity contribution is 0.557. The van der Waals surface area contributed by atoms with E-state index in [9.17, 15) is 0 Å². The summed E-state index contributed by atoms with van der Waals surface area (Å²) >= 11 is 0. The van der Waals surface area contributed by atoms with Crippen molar-refractivity contribution in [2.45, 2.75) is 33.1 Å². The molecule has 0 atom stereocenters. The van der Waals surface area contributed by atoms with Crippen LogP contribution in [0.2, 0.25) is 0 Å². The minimum Gasteiger partial charge on any atom is -0.463 e. The highest BCUT2D eigenvalue weighted by atomic mass is 16.3. The van der Waals surface area contributed by atoms with E-state index >= 15 is 0 Å². The minimum absolute atomic E-state index is 0.928. The lowest BCUT2D eigenvalue weighted by Crippen LogP contribution is -1.95. The Bertz CT molecular complexity index is 1210. The molecule has 0 N–H and O–H groups in total. The number of fused-ring (bicyclic) bond motifs is 2. The van der Waals surface area contributed by atoms with Gasteiger partial charge in [-0.25, -0.2) is 0 Å². The molecule has 0 unspecified atom stereocenters. The lowest BCUT2D eigenvalue weighted by Gasteiger charge is -2.14. The zero-order valence-electron chi connectivity index (χ0n) is 16.5. The number of furan rings is 1. The molecule has 1 nitrogen and oxygen atoms in total. The van der Waals surface area contributed by atoms with Crippen molar-refractivity contribution in [1.82, 2.24) is 0 Å². The molecule has 4 aromatic rings. The van der Waals surface area contributed by atoms with Gasteiger partial charge in [0.25, 0.3) is 0 Å². The number of hydrogen-bond donors (Lipinski definition) is 0. The highest BCUT2D eigenvalue weighted by molar-refractivity contribution is 6.00. The van der Waals surface area contributed by atoms with Crippen molar-refractivity contribution >= 4 is 22.4 Å². The second kappa shape index (κ2) is 6.83. The molecule has 0 radical (unpaired) electrons. The fraction of sp³-hybridized carbons (Fsp3) is 0.185. The lowest BCUT2D eigenvalue weighted by atomic mass is 9.90. The molecule has 5 rings (SSSR count). The van der Waals surface area contributed by atoms with Crippen LogP contribution in [0.15, 0.2) is 71.3 Å². The maximum atomic E-state index is 6.00. The summed E-state index contributed by atoms with van der Waals surface area (Å²) in [5.41, 5.74) is 9.55. The molecule has 0 fully saturated rings. The van der Waals surface area contributed by atoms with Crippen molar-refractivity contribution in [3.05, 3.63) is 94.9 Å². The predicted molar refractivity (Wildman–Crippen MR) is 118 cm³/mol. The number of aryl methyl sites for hydroxylation is 2. The van der Waals surface area contributed by atoms with Gasteiger partial charge in [0.05, 0.1) is 6.26 Å². The monoisotopic (exact) mass is 364 g/mol. The summed E-state index contributed by atoms with van der Waals surface area (Å²) in [4.78, 5) is 0. The quantitative estimate of drug-likeness (QED) is 0.370. The molecule has 28 heavy (non-hydrogen) atoms. The zero-order chi connectivity index (χ0) is 19.1. The van der Waals surface area contributed by atoms with E-state index in [2.05, 4.69) is 80.6 Å². The van der Waals surface area contributed by atoms with E-state index in [0.29, 0.717) is 0 Å². The van der Waals surface area contributed by atoms with E-state index < -0.39 is 0 Å². The molecule has 138 valence electrons. The highest BCUT2D eigenvalue weighted by Gasteiger charge is 2.22. The fourth-order valence-electron chi connectivity index (χ4n) is 4.43. The molecule has 1 aromatic heterocycles. The second-order valence-electron chi connectivity index (χ2n) is 7.58. The van der Waals surface area contributed by atoms with Gasteiger partial charge in [0.1, 0.15) is 5.76 Å². The van der Waals surface area contributed by atoms with E-state index in [0.717, 1.165) is 25.0 Å². The predicted octanol–water partition coefficient (Wildman–Crippen LogP) is 7.32. The molecule has 1 heterocycles. The van der Waals surface area contributed by atoms with Gasteiger partial charge in [-0.2, -0.15) is 0 Å². The third-order valence-electron chi connectivity index (χ3n) is 5.93. The summed E-state index contributed by atoms with van der Waals surface area (Å²) in [6.07, 6.45) is 7.25. The van der Waals surface area contributed by atoms with Crippen LogP contribution in [0, 0.1) is 0 Å². The van der Waals surface area contributed by atoms with Crippen molar-refractivity contribution in [1.29, 1.82) is 0 Å². The minimum atomic E-state index is 0.928. The summed E-state index contributed by atoms with van der Waals surface area (Å²) < 4.78 is 6.00. The molecule has 3 aromatic carbocycles. The number of rotatable bonds is 4. The summed E-state index contributed by atoms with van der Waals surface area (Å²) in [5, 5.41) is 2.37. The molecule has 0 bridgehead atoms. The smallest absolute Gasteiger partial charge is 0.138 e. The molecular weight excluding hydrogens is 340 g/mol. The largest absolute Gasteiger partial charge is 0.463 e. The van der Waals surface area contributed by atoms with E-state index in [4.69, 9.17) is 4.42 Å². The van der Waals surface area contributed by atoms with Crippen molar-refractivity contribution in [2.75, 3.05) is 0 Å². The zero-order valence-corrected chi connectivity index (χ0v) is 16.5. The van der Waals surface area contributed by atoms with Gasteiger partial charge in [-0.1, -0.05) is 74.5 Å². The first-order valence-corrected chi connectivity index (χ1v) is 10.2. The Morgan fingerprint density at radius 1 is 0.893 bits per heavy atom. The SMILES string of the molecule is CCc1cccc(-c2c(CC)ccc3c2C=C(c2occ4ccccc24)C3)c1. The Kier molecular flexibility index (Phi) is 4.16. The van der Waals surface area contributed by atoms with Crippen LogP contribution >= 0.6 is 0 Å². The van der Waals surface area contributed by atoms with Gasteiger partial charge in [-0.15, -0.1) is 0 Å². The van der Waals surface area contributed by atoms with Crippen LogP contribution in [0.4, 0.5) is 0 Å². The third-order valence-corrected chi connectivity index (χ3v) is 5.93. The Labute approximate surface area is 166 Å². The standard InChI is InChI=1S/C27H24O/c1-3-18-8-7-10-21(14-18)26-19(4-2)12-13-20-15-23(16-25(20)26)27-24-11-6-5-9-22(24)17-28-27/h5-14,16-17H,3-4,15H2,1-2H3. The summed E-state index contributed by atoms with van der Waals surface area (Å²) in [5.74, 6) is 1.01. The fourth-order valence-corrected chi connectivity index (χ4v) is 4.43. The van der Waals surface area contributed by atoms with Crippen LogP contribution in [-0.2, 0) is 19.3 Å². The van der Waals surface area contributed by atoms with Gasteiger partial charge in [-0.05, 0) is 52.3 Å². The van der Waals surface area contributed by atoms with Gasteiger partial charge in [0, 0.05) is 22.8 Å². The average Bonchev–Trinajstić information content (AvgIpc) is 3.36. The second-order valence-corrected chi connectivity index (χ2v) is 7.58. The molecule has 1 aliphatic carbocycles. The molecular formula is C27H24O. The Morgan fingerprint density at radius 3 is 2.64 bits per heavy atom. The summed E-state index contributed by atoms with van der Waals surface area (Å²) in [7, 11) is 0. The first-order valence-electron chi connectivity index (χ1n) is 10.2. The van der Waals surface area contributed by atoms with Crippen molar-refractivity contribution in [3.63, 3.8) is 0 Å². The van der Waals surface area contributed by atoms with E-state index in [1.165, 1.54) is 49.7 Å². The van der Waals surface area contributed by atoms with Crippen LogP contribution in [-0.4, -0.2) is 0 Å². The first-order chi connectivity index (χ1) is 13.8. The molecule has 0 saturated heterocycles. The maximum absolute atomic E-state index is 6.00. The van der Waals surface area contributed by atoms with Crippen molar-refractivity contribution < 1.29 is 4.42 Å². The van der Waals surface area contributed by atoms with Crippen LogP contribution in [0.1, 0.15) is 41.9 Å². The van der Waals surface area contributed by atoms with E-state index in [-0.39, 0.29) is 0 Å². The summed E-state index contributed by atoms with van der Waals surface area (Å²) in [6, 6.07) is 22.0. The normalized spacial score (nSPS) is 13.0. The maximum Gasteiger partial charge on any atom is 0.138 e. The van der Waals surface area contributed by atoms with E-state index in [1.54, 1.807) is 0 Å². The van der Waals surface area contributed by atoms with Gasteiger partial charge in [0.15, 0.2) is 0 Å². The van der Waals surface area contributed by atoms with Gasteiger partial charge < -0.3 is 4.42 Å². The summed E-state index contributed by atoms with van der Waals surface area (Å²) in [6.45, 7) is 4.46. The highest BCUT2D eigenvalue weighted by Crippen LogP contribution is 2.41. The van der Waals surface area contributed by atoms with Gasteiger partial charge in [0.2, 0.25) is 0 Å². The molecule has 1 heteroatoms. The Balaban J connectivity index is 1.69. The van der Waals surface area contributed by atoms with Crippen LogP contribution in [0.5, 0.6) is 0 Å². The van der Waals surface area contributed by atoms with Gasteiger partial charge >= 0.3 is 0 Å². The molecule has 0 spiro atoms.